The molecule has 2 fully saturated rings. The van der Waals surface area contributed by atoms with E-state index in [4.69, 9.17) is 9.47 Å². The zero-order valence-electron chi connectivity index (χ0n) is 21.0. The molecule has 0 aliphatic heterocycles. The molecule has 36 heavy (non-hydrogen) atoms. The summed E-state index contributed by atoms with van der Waals surface area (Å²) in [4.78, 5) is 14.8. The molecule has 0 spiro atoms. The van der Waals surface area contributed by atoms with Crippen LogP contribution in [0.15, 0.2) is 65.4 Å². The average molecular weight is 527 g/mol. The van der Waals surface area contributed by atoms with Crippen molar-refractivity contribution in [2.45, 2.75) is 49.9 Å². The number of aliphatic hydroxyl groups is 1. The van der Waals surface area contributed by atoms with Gasteiger partial charge in [0.15, 0.2) is 0 Å². The van der Waals surface area contributed by atoms with Crippen molar-refractivity contribution in [3.8, 4) is 5.75 Å². The van der Waals surface area contributed by atoms with Crippen LogP contribution >= 0.6 is 22.7 Å². The van der Waals surface area contributed by atoms with Crippen molar-refractivity contribution in [2.24, 2.45) is 11.8 Å². The molecule has 0 saturated heterocycles. The van der Waals surface area contributed by atoms with E-state index in [-0.39, 0.29) is 6.10 Å². The van der Waals surface area contributed by atoms with Gasteiger partial charge in [0.05, 0.1) is 43.0 Å². The molecule has 4 atom stereocenters. The van der Waals surface area contributed by atoms with Crippen LogP contribution in [-0.4, -0.2) is 55.0 Å². The Balaban J connectivity index is 1.24. The lowest BCUT2D eigenvalue weighted by Gasteiger charge is -2.53. The predicted molar refractivity (Wildman–Crippen MR) is 144 cm³/mol. The Morgan fingerprint density at radius 2 is 1.69 bits per heavy atom. The number of ether oxygens (including phenoxy) is 2. The van der Waals surface area contributed by atoms with Crippen LogP contribution in [0.1, 0.15) is 41.9 Å². The maximum atomic E-state index is 13.6. The van der Waals surface area contributed by atoms with Crippen molar-refractivity contribution in [2.75, 3.05) is 27.2 Å². The minimum atomic E-state index is -1.74. The summed E-state index contributed by atoms with van der Waals surface area (Å²) in [6.07, 6.45) is 4.99. The van der Waals surface area contributed by atoms with Gasteiger partial charge in [0, 0.05) is 18.8 Å². The lowest BCUT2D eigenvalue weighted by molar-refractivity contribution is -0.922. The molecule has 2 saturated carbocycles. The van der Waals surface area contributed by atoms with E-state index in [1.54, 1.807) is 0 Å². The molecule has 0 amide bonds. The first-order chi connectivity index (χ1) is 17.4. The van der Waals surface area contributed by atoms with E-state index in [0.29, 0.717) is 34.2 Å². The molecule has 7 heteroatoms. The largest absolute Gasteiger partial charge is 0.493 e. The van der Waals surface area contributed by atoms with Crippen LogP contribution < -0.4 is 4.74 Å². The Bertz CT molecular complexity index is 1080. The molecule has 2 aliphatic rings. The number of nitrogens with zero attached hydrogens (tertiary/aromatic N) is 1. The number of carbonyl (C=O) groups is 1. The van der Waals surface area contributed by atoms with Crippen molar-refractivity contribution in [3.05, 3.63) is 75.1 Å². The summed E-state index contributed by atoms with van der Waals surface area (Å²) >= 11 is 2.77. The molecule has 0 bridgehead atoms. The highest BCUT2D eigenvalue weighted by molar-refractivity contribution is 7.12. The molecule has 2 heterocycles. The van der Waals surface area contributed by atoms with Crippen molar-refractivity contribution in [1.29, 1.82) is 0 Å². The van der Waals surface area contributed by atoms with Gasteiger partial charge >= 0.3 is 5.97 Å². The fourth-order valence-corrected chi connectivity index (χ4v) is 7.76. The molecule has 192 valence electrons. The summed E-state index contributed by atoms with van der Waals surface area (Å²) in [5.74, 6) is 1.64. The molecule has 2 aliphatic carbocycles. The number of hydrogen-bond acceptors (Lipinski definition) is 6. The minimum absolute atomic E-state index is 0.173. The Labute approximate surface area is 221 Å². The highest BCUT2D eigenvalue weighted by Gasteiger charge is 2.52. The fourth-order valence-electron chi connectivity index (χ4n) is 6.04. The first-order valence-electron chi connectivity index (χ1n) is 12.9. The van der Waals surface area contributed by atoms with Crippen molar-refractivity contribution < 1.29 is 23.9 Å². The maximum Gasteiger partial charge on any atom is 0.349 e. The monoisotopic (exact) mass is 526 g/mol. The van der Waals surface area contributed by atoms with Gasteiger partial charge < -0.3 is 19.1 Å². The molecule has 5 rings (SSSR count). The molecular formula is C29H36NO4S2+. The average Bonchev–Trinajstić information content (AvgIpc) is 3.58. The van der Waals surface area contributed by atoms with Gasteiger partial charge in [-0.05, 0) is 60.2 Å². The second-order valence-electron chi connectivity index (χ2n) is 10.7. The smallest absolute Gasteiger partial charge is 0.349 e. The van der Waals surface area contributed by atoms with Crippen molar-refractivity contribution in [3.63, 3.8) is 0 Å². The number of para-hydroxylation sites is 1. The predicted octanol–water partition coefficient (Wildman–Crippen LogP) is 5.69. The van der Waals surface area contributed by atoms with Crippen LogP contribution in [0.4, 0.5) is 0 Å². The Morgan fingerprint density at radius 1 is 1.00 bits per heavy atom. The van der Waals surface area contributed by atoms with Crippen LogP contribution in [0.2, 0.25) is 0 Å². The highest BCUT2D eigenvalue weighted by Crippen LogP contribution is 2.49. The second-order valence-corrected chi connectivity index (χ2v) is 12.6. The minimum Gasteiger partial charge on any atom is -0.493 e. The van der Waals surface area contributed by atoms with E-state index in [1.165, 1.54) is 35.5 Å². The number of quaternary nitrogens is 1. The van der Waals surface area contributed by atoms with E-state index in [9.17, 15) is 9.90 Å². The van der Waals surface area contributed by atoms with E-state index < -0.39 is 11.6 Å². The normalized spacial score (nSPS) is 24.0. The van der Waals surface area contributed by atoms with E-state index in [1.807, 2.05) is 65.4 Å². The van der Waals surface area contributed by atoms with Crippen LogP contribution in [0.3, 0.4) is 0 Å². The summed E-state index contributed by atoms with van der Waals surface area (Å²) in [5.41, 5.74) is -1.74. The number of benzene rings is 1. The molecule has 1 N–H and O–H groups in total. The van der Waals surface area contributed by atoms with Gasteiger partial charge in [0.1, 0.15) is 11.9 Å². The Hall–Kier alpha value is -2.19. The van der Waals surface area contributed by atoms with E-state index in [2.05, 4.69) is 14.1 Å². The summed E-state index contributed by atoms with van der Waals surface area (Å²) in [6, 6.07) is 17.8. The van der Waals surface area contributed by atoms with Crippen molar-refractivity contribution in [1.82, 2.24) is 0 Å². The molecule has 2 aromatic heterocycles. The number of rotatable bonds is 10. The number of thiophene rings is 2. The third kappa shape index (κ3) is 5.12. The Morgan fingerprint density at radius 3 is 2.28 bits per heavy atom. The fraction of sp³-hybridized carbons (Fsp3) is 0.483. The van der Waals surface area contributed by atoms with Crippen LogP contribution in [0.5, 0.6) is 5.75 Å². The van der Waals surface area contributed by atoms with Gasteiger partial charge in [0.2, 0.25) is 5.60 Å². The highest BCUT2D eigenvalue weighted by atomic mass is 32.1. The SMILES string of the molecule is C[N+](C)(CCCOc1ccccc1)C1CC(OC(=O)C(O)(c2cccs2)c2cccs2)CC2CCC21. The lowest BCUT2D eigenvalue weighted by Crippen LogP contribution is -2.61. The van der Waals surface area contributed by atoms with Crippen molar-refractivity contribution >= 4 is 28.6 Å². The van der Waals surface area contributed by atoms with Gasteiger partial charge in [-0.3, -0.25) is 0 Å². The molecule has 3 aromatic rings. The zero-order chi connectivity index (χ0) is 25.2. The quantitative estimate of drug-likeness (QED) is 0.209. The lowest BCUT2D eigenvalue weighted by atomic mass is 9.61. The second kappa shape index (κ2) is 10.7. The topological polar surface area (TPSA) is 55.8 Å². The van der Waals surface area contributed by atoms with E-state index in [0.717, 1.165) is 36.0 Å². The summed E-state index contributed by atoms with van der Waals surface area (Å²) in [7, 11) is 4.61. The number of fused-ring (bicyclic) bond motifs is 1. The first-order valence-corrected chi connectivity index (χ1v) is 14.7. The van der Waals surface area contributed by atoms with E-state index >= 15 is 0 Å². The van der Waals surface area contributed by atoms with Crippen LogP contribution in [0.25, 0.3) is 0 Å². The molecule has 5 nitrogen and oxygen atoms in total. The van der Waals surface area contributed by atoms with Gasteiger partial charge in [-0.2, -0.15) is 0 Å². The van der Waals surface area contributed by atoms with Gasteiger partial charge in [-0.15, -0.1) is 22.7 Å². The zero-order valence-corrected chi connectivity index (χ0v) is 22.7. The summed E-state index contributed by atoms with van der Waals surface area (Å²) in [6.45, 7) is 1.70. The van der Waals surface area contributed by atoms with Crippen LogP contribution in [0, 0.1) is 11.8 Å². The molecule has 0 radical (unpaired) electrons. The number of hydrogen-bond donors (Lipinski definition) is 1. The van der Waals surface area contributed by atoms with Gasteiger partial charge in [-0.1, -0.05) is 30.3 Å². The molecular weight excluding hydrogens is 490 g/mol. The molecule has 4 unspecified atom stereocenters. The standard InChI is InChI=1S/C29H36NO4S2/c1-30(2,15-8-16-33-22-9-4-3-5-10-22)25-20-23(19-21-13-14-24(21)25)34-28(31)29(32,26-11-6-17-35-26)27-12-7-18-36-27/h3-7,9-12,17-18,21,23-25,32H,8,13-16,19-20H2,1-2H3/q+1. The third-order valence-corrected chi connectivity index (χ3v) is 10.1. The number of carbonyl (C=O) groups excluding carboxylic acids is 1. The van der Waals surface area contributed by atoms with Gasteiger partial charge in [0.25, 0.3) is 0 Å². The summed E-state index contributed by atoms with van der Waals surface area (Å²) < 4.78 is 13.0. The first kappa shape index (κ1) is 25.5. The summed E-state index contributed by atoms with van der Waals surface area (Å²) in [5, 5.41) is 15.4. The Kier molecular flexibility index (Phi) is 7.54. The van der Waals surface area contributed by atoms with Gasteiger partial charge in [-0.25, -0.2) is 4.79 Å². The number of esters is 1. The van der Waals surface area contributed by atoms with Crippen LogP contribution in [-0.2, 0) is 15.1 Å². The molecule has 1 aromatic carbocycles. The third-order valence-electron chi connectivity index (χ3n) is 8.15. The maximum absolute atomic E-state index is 13.6.